The van der Waals surface area contributed by atoms with Crippen molar-refractivity contribution >= 4 is 23.4 Å². The Morgan fingerprint density at radius 2 is 2.07 bits per heavy atom. The molecule has 0 N–H and O–H groups in total. The van der Waals surface area contributed by atoms with Gasteiger partial charge in [0.05, 0.1) is 5.02 Å². The van der Waals surface area contributed by atoms with Crippen molar-refractivity contribution in [2.75, 3.05) is 6.61 Å². The predicted octanol–water partition coefficient (Wildman–Crippen LogP) is 2.25. The van der Waals surface area contributed by atoms with Crippen molar-refractivity contribution in [3.05, 3.63) is 47.5 Å². The van der Waals surface area contributed by atoms with Gasteiger partial charge in [0.2, 0.25) is 0 Å². The van der Waals surface area contributed by atoms with Crippen molar-refractivity contribution in [2.45, 2.75) is 0 Å². The zero-order valence-electron chi connectivity index (χ0n) is 7.90. The van der Waals surface area contributed by atoms with E-state index in [0.717, 1.165) is 0 Å². The maximum atomic E-state index is 11.5. The second-order valence-electron chi connectivity index (χ2n) is 2.70. The van der Waals surface area contributed by atoms with Gasteiger partial charge in [-0.2, -0.15) is 0 Å². The molecule has 1 aromatic rings. The van der Waals surface area contributed by atoms with Gasteiger partial charge in [-0.05, 0) is 12.1 Å². The third-order valence-electron chi connectivity index (χ3n) is 1.64. The van der Waals surface area contributed by atoms with Crippen molar-refractivity contribution in [2.24, 2.45) is 0 Å². The van der Waals surface area contributed by atoms with Crippen LogP contribution in [0.5, 0.6) is 0 Å². The highest BCUT2D eigenvalue weighted by Crippen LogP contribution is 2.15. The number of Topliss-reactive ketones (excluding diaryl/α,β-unsaturated/α-hetero) is 1. The van der Waals surface area contributed by atoms with E-state index in [1.54, 1.807) is 12.1 Å². The Bertz CT molecular complexity index is 399. The fourth-order valence-electron chi connectivity index (χ4n) is 0.955. The lowest BCUT2D eigenvalue weighted by atomic mass is 10.1. The summed E-state index contributed by atoms with van der Waals surface area (Å²) in [4.78, 5) is 22.7. The number of benzene rings is 1. The topological polar surface area (TPSA) is 43.4 Å². The lowest BCUT2D eigenvalue weighted by molar-refractivity contribution is -0.136. The fraction of sp³-hybridized carbons (Fsp3) is 0.0909. The van der Waals surface area contributed by atoms with E-state index in [9.17, 15) is 9.59 Å². The fourth-order valence-corrected chi connectivity index (χ4v) is 1.18. The van der Waals surface area contributed by atoms with Crippen molar-refractivity contribution in [3.8, 4) is 0 Å². The summed E-state index contributed by atoms with van der Waals surface area (Å²) in [7, 11) is 0. The summed E-state index contributed by atoms with van der Waals surface area (Å²) in [5.41, 5.74) is 0.147. The smallest absolute Gasteiger partial charge is 0.380 e. The molecule has 0 saturated carbocycles. The van der Waals surface area contributed by atoms with Crippen LogP contribution in [-0.4, -0.2) is 18.4 Å². The van der Waals surface area contributed by atoms with Gasteiger partial charge in [-0.1, -0.05) is 36.4 Å². The summed E-state index contributed by atoms with van der Waals surface area (Å²) in [6.07, 6.45) is 1.39. The number of hydrogen-bond acceptors (Lipinski definition) is 3. The Morgan fingerprint density at radius 1 is 1.40 bits per heavy atom. The largest absolute Gasteiger partial charge is 0.455 e. The second-order valence-corrected chi connectivity index (χ2v) is 3.10. The molecule has 0 unspecified atom stereocenters. The molecule has 1 rings (SSSR count). The molecule has 3 nitrogen and oxygen atoms in total. The number of carbonyl (C=O) groups excluding carboxylic acids is 2. The van der Waals surface area contributed by atoms with E-state index in [4.69, 9.17) is 11.6 Å². The van der Waals surface area contributed by atoms with Gasteiger partial charge in [-0.15, -0.1) is 0 Å². The zero-order chi connectivity index (χ0) is 11.3. The van der Waals surface area contributed by atoms with Gasteiger partial charge < -0.3 is 4.74 Å². The quantitative estimate of drug-likeness (QED) is 0.341. The minimum atomic E-state index is -0.928. The third kappa shape index (κ3) is 2.92. The highest BCUT2D eigenvalue weighted by atomic mass is 35.5. The van der Waals surface area contributed by atoms with Crippen LogP contribution in [0.25, 0.3) is 0 Å². The summed E-state index contributed by atoms with van der Waals surface area (Å²) >= 11 is 5.75. The maximum Gasteiger partial charge on any atom is 0.380 e. The number of ether oxygens (including phenoxy) is 1. The zero-order valence-corrected chi connectivity index (χ0v) is 8.66. The van der Waals surface area contributed by atoms with E-state index < -0.39 is 11.8 Å². The first-order valence-electron chi connectivity index (χ1n) is 4.23. The molecule has 0 radical (unpaired) electrons. The van der Waals surface area contributed by atoms with Crippen molar-refractivity contribution < 1.29 is 14.3 Å². The molecule has 0 aromatic heterocycles. The Kier molecular flexibility index (Phi) is 4.06. The summed E-state index contributed by atoms with van der Waals surface area (Å²) in [5, 5.41) is 0.234. The molecule has 0 bridgehead atoms. The van der Waals surface area contributed by atoms with Crippen LogP contribution in [-0.2, 0) is 9.53 Å². The van der Waals surface area contributed by atoms with E-state index in [1.165, 1.54) is 18.2 Å². The molecule has 4 heteroatoms. The summed E-state index contributed by atoms with van der Waals surface area (Å²) < 4.78 is 4.60. The molecule has 0 spiro atoms. The summed E-state index contributed by atoms with van der Waals surface area (Å²) in [6.45, 7) is 3.38. The van der Waals surface area contributed by atoms with E-state index in [2.05, 4.69) is 11.3 Å². The van der Waals surface area contributed by atoms with E-state index in [0.29, 0.717) is 0 Å². The molecule has 0 aliphatic carbocycles. The SMILES string of the molecule is C=CCOC(=O)C(=O)c1ccccc1Cl. The standard InChI is InChI=1S/C11H9ClO3/c1-2-7-15-11(14)10(13)8-5-3-4-6-9(8)12/h2-6H,1,7H2. The molecule has 78 valence electrons. The maximum absolute atomic E-state index is 11.5. The predicted molar refractivity (Wildman–Crippen MR) is 56.9 cm³/mol. The van der Waals surface area contributed by atoms with E-state index in [-0.39, 0.29) is 17.2 Å². The number of esters is 1. The van der Waals surface area contributed by atoms with Gasteiger partial charge >= 0.3 is 5.97 Å². The second kappa shape index (κ2) is 5.32. The Labute approximate surface area is 92.3 Å². The Hall–Kier alpha value is -1.61. The van der Waals surface area contributed by atoms with Gasteiger partial charge in [0, 0.05) is 5.56 Å². The summed E-state index contributed by atoms with van der Waals surface area (Å²) in [5.74, 6) is -1.68. The Balaban J connectivity index is 2.81. The molecular weight excluding hydrogens is 216 g/mol. The minimum Gasteiger partial charge on any atom is -0.455 e. The Morgan fingerprint density at radius 3 is 2.67 bits per heavy atom. The number of rotatable bonds is 4. The van der Waals surface area contributed by atoms with Crippen LogP contribution in [0.1, 0.15) is 10.4 Å². The van der Waals surface area contributed by atoms with Crippen LogP contribution < -0.4 is 0 Å². The molecule has 0 aliphatic rings. The van der Waals surface area contributed by atoms with Gasteiger partial charge in [0.25, 0.3) is 5.78 Å². The van der Waals surface area contributed by atoms with E-state index in [1.807, 2.05) is 0 Å². The van der Waals surface area contributed by atoms with E-state index >= 15 is 0 Å². The molecule has 0 heterocycles. The van der Waals surface area contributed by atoms with Crippen molar-refractivity contribution in [1.82, 2.24) is 0 Å². The van der Waals surface area contributed by atoms with Crippen molar-refractivity contribution in [3.63, 3.8) is 0 Å². The van der Waals surface area contributed by atoms with Gasteiger partial charge in [-0.3, -0.25) is 4.79 Å². The van der Waals surface area contributed by atoms with Crippen LogP contribution in [0.2, 0.25) is 5.02 Å². The van der Waals surface area contributed by atoms with Crippen LogP contribution in [0.15, 0.2) is 36.9 Å². The van der Waals surface area contributed by atoms with Crippen molar-refractivity contribution in [1.29, 1.82) is 0 Å². The molecule has 0 aliphatic heterocycles. The molecular formula is C11H9ClO3. The lowest BCUT2D eigenvalue weighted by Gasteiger charge is -2.02. The summed E-state index contributed by atoms with van der Waals surface area (Å²) in [6, 6.07) is 6.31. The molecule has 0 atom stereocenters. The first-order chi connectivity index (χ1) is 7.16. The van der Waals surface area contributed by atoms with Crippen LogP contribution >= 0.6 is 11.6 Å². The minimum absolute atomic E-state index is 0.00895. The number of halogens is 1. The first kappa shape index (κ1) is 11.5. The molecule has 1 aromatic carbocycles. The average Bonchev–Trinajstić information content (AvgIpc) is 2.25. The number of carbonyl (C=O) groups is 2. The number of hydrogen-bond donors (Lipinski definition) is 0. The average molecular weight is 225 g/mol. The lowest BCUT2D eigenvalue weighted by Crippen LogP contribution is -2.17. The first-order valence-corrected chi connectivity index (χ1v) is 4.61. The highest BCUT2D eigenvalue weighted by molar-refractivity contribution is 6.45. The molecule has 0 amide bonds. The van der Waals surface area contributed by atoms with Crippen LogP contribution in [0.4, 0.5) is 0 Å². The molecule has 0 fully saturated rings. The van der Waals surface area contributed by atoms with Gasteiger partial charge in [0.15, 0.2) is 0 Å². The molecule has 0 saturated heterocycles. The van der Waals surface area contributed by atoms with Crippen LogP contribution in [0, 0.1) is 0 Å². The third-order valence-corrected chi connectivity index (χ3v) is 1.97. The van der Waals surface area contributed by atoms with Gasteiger partial charge in [0.1, 0.15) is 6.61 Å². The number of ketones is 1. The molecule has 15 heavy (non-hydrogen) atoms. The monoisotopic (exact) mass is 224 g/mol. The van der Waals surface area contributed by atoms with Crippen LogP contribution in [0.3, 0.4) is 0 Å². The van der Waals surface area contributed by atoms with Gasteiger partial charge in [-0.25, -0.2) is 4.79 Å². The highest BCUT2D eigenvalue weighted by Gasteiger charge is 2.19. The normalized spacial score (nSPS) is 9.40.